The first-order valence-corrected chi connectivity index (χ1v) is 8.52. The highest BCUT2D eigenvalue weighted by Crippen LogP contribution is 2.19. The van der Waals surface area contributed by atoms with E-state index in [4.69, 9.17) is 16.3 Å². The van der Waals surface area contributed by atoms with E-state index >= 15 is 0 Å². The zero-order chi connectivity index (χ0) is 18.5. The molecular formula is C19H19BClN4O. The Hall–Kier alpha value is -2.57. The summed E-state index contributed by atoms with van der Waals surface area (Å²) in [4.78, 5) is 8.91. The van der Waals surface area contributed by atoms with Crippen molar-refractivity contribution in [3.05, 3.63) is 71.4 Å². The topological polar surface area (TPSA) is 59.1 Å². The van der Waals surface area contributed by atoms with Crippen LogP contribution in [-0.2, 0) is 11.3 Å². The first-order valence-electron chi connectivity index (χ1n) is 8.15. The molecule has 0 saturated carbocycles. The third-order valence-electron chi connectivity index (χ3n) is 3.88. The van der Waals surface area contributed by atoms with Gasteiger partial charge in [-0.05, 0) is 41.7 Å². The summed E-state index contributed by atoms with van der Waals surface area (Å²) in [5.74, 6) is 1.26. The lowest BCUT2D eigenvalue weighted by molar-refractivity contribution is 0.345. The summed E-state index contributed by atoms with van der Waals surface area (Å²) in [6.07, 6.45) is 5.28. The minimum atomic E-state index is 0.460. The molecule has 0 unspecified atom stereocenters. The lowest BCUT2D eigenvalue weighted by Crippen LogP contribution is -2.11. The van der Waals surface area contributed by atoms with E-state index in [0.717, 1.165) is 33.7 Å². The summed E-state index contributed by atoms with van der Waals surface area (Å²) in [5, 5.41) is 6.97. The number of fused-ring (bicyclic) bond motifs is 1. The number of halogens is 1. The molecule has 2 aromatic rings. The van der Waals surface area contributed by atoms with Crippen molar-refractivity contribution in [2.24, 2.45) is 0 Å². The molecule has 0 bridgehead atoms. The van der Waals surface area contributed by atoms with E-state index in [1.807, 2.05) is 25.1 Å². The van der Waals surface area contributed by atoms with Gasteiger partial charge in [0.05, 0.1) is 6.61 Å². The van der Waals surface area contributed by atoms with E-state index in [2.05, 4.69) is 33.8 Å². The van der Waals surface area contributed by atoms with Crippen molar-refractivity contribution in [2.45, 2.75) is 13.5 Å². The molecule has 7 heteroatoms. The van der Waals surface area contributed by atoms with Gasteiger partial charge < -0.3 is 15.3 Å². The Morgan fingerprint density at radius 3 is 3.08 bits per heavy atom. The van der Waals surface area contributed by atoms with Gasteiger partial charge in [0.15, 0.2) is 0 Å². The van der Waals surface area contributed by atoms with Crippen molar-refractivity contribution in [2.75, 3.05) is 17.2 Å². The normalized spacial score (nSPS) is 12.9. The number of benzene rings is 1. The van der Waals surface area contributed by atoms with Gasteiger partial charge in [0.1, 0.15) is 5.82 Å². The van der Waals surface area contributed by atoms with Crippen LogP contribution in [0.4, 0.5) is 17.5 Å². The third-order valence-corrected chi connectivity index (χ3v) is 3.99. The fraction of sp³-hybridized carbons (Fsp3) is 0.158. The molecule has 2 N–H and O–H groups in total. The number of aryl methyl sites for hydroxylation is 1. The number of anilines is 3. The lowest BCUT2D eigenvalue weighted by atomic mass is 9.87. The molecular weight excluding hydrogens is 347 g/mol. The zero-order valence-electron chi connectivity index (χ0n) is 14.6. The first-order chi connectivity index (χ1) is 12.5. The van der Waals surface area contributed by atoms with Gasteiger partial charge in [-0.1, -0.05) is 36.9 Å². The minimum absolute atomic E-state index is 0.460. The van der Waals surface area contributed by atoms with Crippen molar-refractivity contribution >= 4 is 42.0 Å². The second-order valence-electron chi connectivity index (χ2n) is 5.92. The van der Waals surface area contributed by atoms with Crippen LogP contribution in [0.1, 0.15) is 11.1 Å². The molecule has 3 rings (SSSR count). The van der Waals surface area contributed by atoms with Gasteiger partial charge in [-0.25, -0.2) is 4.98 Å². The molecule has 0 amide bonds. The van der Waals surface area contributed by atoms with Crippen molar-refractivity contribution in [3.8, 4) is 0 Å². The highest BCUT2D eigenvalue weighted by atomic mass is 35.5. The van der Waals surface area contributed by atoms with E-state index < -0.39 is 0 Å². The van der Waals surface area contributed by atoms with Crippen LogP contribution in [0.25, 0.3) is 0 Å². The van der Waals surface area contributed by atoms with Crippen LogP contribution in [0.3, 0.4) is 0 Å². The maximum Gasteiger partial charge on any atom is 0.330 e. The van der Waals surface area contributed by atoms with E-state index in [1.54, 1.807) is 25.8 Å². The van der Waals surface area contributed by atoms with Crippen LogP contribution in [0, 0.1) is 6.92 Å². The number of hydrogen-bond donors (Lipinski definition) is 2. The Kier molecular flexibility index (Phi) is 5.76. The molecule has 1 radical (unpaired) electrons. The summed E-state index contributed by atoms with van der Waals surface area (Å²) in [6.45, 7) is 10.5. The number of aromatic nitrogens is 2. The van der Waals surface area contributed by atoms with Crippen LogP contribution in [0.2, 0.25) is 0 Å². The average Bonchev–Trinajstić information content (AvgIpc) is 3.08. The summed E-state index contributed by atoms with van der Waals surface area (Å²) in [6, 6.07) is 6.03. The van der Waals surface area contributed by atoms with Gasteiger partial charge in [-0.2, -0.15) is 4.98 Å². The fourth-order valence-corrected chi connectivity index (χ4v) is 2.66. The number of allylic oxidation sites excluding steroid dienone is 2. The molecule has 0 aliphatic carbocycles. The molecule has 131 valence electrons. The van der Waals surface area contributed by atoms with Gasteiger partial charge in [-0.15, -0.1) is 0 Å². The Morgan fingerprint density at radius 1 is 1.46 bits per heavy atom. The van der Waals surface area contributed by atoms with Crippen LogP contribution in [0.5, 0.6) is 0 Å². The first kappa shape index (κ1) is 18.2. The standard InChI is InChI=1S/C19H19BClN4O/c1-4-14(7-13(3)21)10-22-18-12(2)9-23-19(25-18)24-16-5-6-17-15(8-16)11-26-20-17/h4-9H,1,3,10-11H2,2H3,(H2,22,23,24,25)/b14-7+. The molecule has 2 heterocycles. The molecule has 1 aromatic carbocycles. The largest absolute Gasteiger partial charge is 0.430 e. The molecule has 1 aromatic heterocycles. The van der Waals surface area contributed by atoms with Gasteiger partial charge in [-0.3, -0.25) is 0 Å². The molecule has 1 aliphatic rings. The monoisotopic (exact) mass is 365 g/mol. The Morgan fingerprint density at radius 2 is 2.31 bits per heavy atom. The number of hydrogen-bond acceptors (Lipinski definition) is 5. The smallest absolute Gasteiger partial charge is 0.330 e. The molecule has 26 heavy (non-hydrogen) atoms. The molecule has 0 saturated heterocycles. The van der Waals surface area contributed by atoms with Crippen molar-refractivity contribution in [1.82, 2.24) is 9.97 Å². The van der Waals surface area contributed by atoms with Gasteiger partial charge in [0.2, 0.25) is 5.95 Å². The third kappa shape index (κ3) is 4.53. The summed E-state index contributed by atoms with van der Waals surface area (Å²) in [7, 11) is 1.77. The maximum absolute atomic E-state index is 5.83. The molecule has 0 spiro atoms. The maximum atomic E-state index is 5.83. The van der Waals surface area contributed by atoms with Crippen LogP contribution in [-0.4, -0.2) is 24.0 Å². The second kappa shape index (κ2) is 8.21. The van der Waals surface area contributed by atoms with Crippen LogP contribution < -0.4 is 16.1 Å². The van der Waals surface area contributed by atoms with Crippen molar-refractivity contribution < 1.29 is 4.65 Å². The predicted molar refractivity (Wildman–Crippen MR) is 108 cm³/mol. The Bertz CT molecular complexity index is 882. The SMILES string of the molecule is C=C/C(=C\C(=C)Cl)CNc1nc(Nc2ccc3c(c2)CO[B]3)ncc1C. The van der Waals surface area contributed by atoms with Gasteiger partial charge in [0.25, 0.3) is 0 Å². The number of rotatable bonds is 7. The molecule has 5 nitrogen and oxygen atoms in total. The lowest BCUT2D eigenvalue weighted by Gasteiger charge is -2.12. The Balaban J connectivity index is 1.73. The highest BCUT2D eigenvalue weighted by Gasteiger charge is 2.13. The van der Waals surface area contributed by atoms with E-state index in [0.29, 0.717) is 24.1 Å². The summed E-state index contributed by atoms with van der Waals surface area (Å²) in [5.41, 5.74) is 5.03. The Labute approximate surface area is 159 Å². The summed E-state index contributed by atoms with van der Waals surface area (Å²) < 4.78 is 5.32. The van der Waals surface area contributed by atoms with E-state index in [1.165, 1.54) is 0 Å². The number of nitrogens with zero attached hydrogens (tertiary/aromatic N) is 2. The van der Waals surface area contributed by atoms with Gasteiger partial charge >= 0.3 is 7.48 Å². The highest BCUT2D eigenvalue weighted by molar-refractivity contribution is 6.48. The zero-order valence-corrected chi connectivity index (χ0v) is 15.3. The second-order valence-corrected chi connectivity index (χ2v) is 6.40. The minimum Gasteiger partial charge on any atom is -0.430 e. The molecule has 1 aliphatic heterocycles. The van der Waals surface area contributed by atoms with Crippen LogP contribution >= 0.6 is 11.6 Å². The average molecular weight is 366 g/mol. The molecule has 0 fully saturated rings. The van der Waals surface area contributed by atoms with E-state index in [9.17, 15) is 0 Å². The fourth-order valence-electron chi connectivity index (χ4n) is 2.52. The quantitative estimate of drug-likeness (QED) is 0.580. The number of nitrogens with one attached hydrogen (secondary N) is 2. The van der Waals surface area contributed by atoms with Crippen molar-refractivity contribution in [3.63, 3.8) is 0 Å². The van der Waals surface area contributed by atoms with Gasteiger partial charge in [0, 0.05) is 29.0 Å². The predicted octanol–water partition coefficient (Wildman–Crippen LogP) is 3.58. The van der Waals surface area contributed by atoms with Crippen LogP contribution in [0.15, 0.2) is 60.3 Å². The van der Waals surface area contributed by atoms with E-state index in [-0.39, 0.29) is 0 Å². The summed E-state index contributed by atoms with van der Waals surface area (Å²) >= 11 is 5.83. The molecule has 0 atom stereocenters. The van der Waals surface area contributed by atoms with Crippen molar-refractivity contribution in [1.29, 1.82) is 0 Å².